The molecule has 0 bridgehead atoms. The summed E-state index contributed by atoms with van der Waals surface area (Å²) in [6.07, 6.45) is 2.73. The summed E-state index contributed by atoms with van der Waals surface area (Å²) in [4.78, 5) is 40.3. The lowest BCUT2D eigenvalue weighted by atomic mass is 10.2. The molecule has 0 unspecified atom stereocenters. The van der Waals surface area contributed by atoms with Crippen molar-refractivity contribution in [1.82, 2.24) is 18.7 Å². The third-order valence-electron chi connectivity index (χ3n) is 3.76. The van der Waals surface area contributed by atoms with Crippen molar-refractivity contribution in [2.45, 2.75) is 39.3 Å². The molecule has 0 spiro atoms. The summed E-state index contributed by atoms with van der Waals surface area (Å²) in [7, 11) is 1.55. The highest BCUT2D eigenvalue weighted by molar-refractivity contribution is 5.70. The van der Waals surface area contributed by atoms with E-state index in [0.29, 0.717) is 25.1 Å². The Morgan fingerprint density at radius 3 is 2.71 bits per heavy atom. The molecule has 2 heterocycles. The molecule has 0 aliphatic heterocycles. The van der Waals surface area contributed by atoms with Crippen molar-refractivity contribution in [3.63, 3.8) is 0 Å². The number of nitrogens with zero attached hydrogens (tertiary/aromatic N) is 4. The normalized spacial score (nSPS) is 11.1. The van der Waals surface area contributed by atoms with E-state index < -0.39 is 11.2 Å². The first-order chi connectivity index (χ1) is 11.5. The number of esters is 1. The Morgan fingerprint density at radius 1 is 1.29 bits per heavy atom. The second kappa shape index (κ2) is 7.91. The number of carbonyl (C=O) groups is 1. The highest BCUT2D eigenvalue weighted by atomic mass is 16.5. The first kappa shape index (κ1) is 17.9. The molecule has 9 heteroatoms. The molecule has 2 aromatic rings. The van der Waals surface area contributed by atoms with Crippen LogP contribution in [0.15, 0.2) is 15.9 Å². The summed E-state index contributed by atoms with van der Waals surface area (Å²) < 4.78 is 8.83. The average Bonchev–Trinajstić information content (AvgIpc) is 2.97. The van der Waals surface area contributed by atoms with Crippen LogP contribution in [0.4, 0.5) is 0 Å². The van der Waals surface area contributed by atoms with E-state index in [1.807, 2.05) is 0 Å². The Bertz CT molecular complexity index is 833. The Morgan fingerprint density at radius 2 is 2.04 bits per heavy atom. The van der Waals surface area contributed by atoms with E-state index in [2.05, 4.69) is 4.98 Å². The van der Waals surface area contributed by atoms with Gasteiger partial charge in [0, 0.05) is 26.6 Å². The first-order valence-corrected chi connectivity index (χ1v) is 7.92. The molecule has 0 fully saturated rings. The van der Waals surface area contributed by atoms with Gasteiger partial charge in [0.05, 0.1) is 19.5 Å². The van der Waals surface area contributed by atoms with Gasteiger partial charge in [0.25, 0.3) is 5.56 Å². The Kier molecular flexibility index (Phi) is 5.91. The molecule has 0 atom stereocenters. The van der Waals surface area contributed by atoms with Crippen molar-refractivity contribution in [2.75, 3.05) is 13.2 Å². The van der Waals surface area contributed by atoms with Gasteiger partial charge in [0.2, 0.25) is 0 Å². The fourth-order valence-electron chi connectivity index (χ4n) is 2.57. The maximum Gasteiger partial charge on any atom is 0.332 e. The summed E-state index contributed by atoms with van der Waals surface area (Å²) in [5.74, 6) is -0.283. The summed E-state index contributed by atoms with van der Waals surface area (Å²) in [5.41, 5.74) is -0.300. The summed E-state index contributed by atoms with van der Waals surface area (Å²) in [6.45, 7) is 2.39. The molecule has 0 radical (unpaired) electrons. The zero-order valence-electron chi connectivity index (χ0n) is 13.9. The molecule has 2 aromatic heterocycles. The van der Waals surface area contributed by atoms with Gasteiger partial charge in [-0.05, 0) is 19.8 Å². The average molecular weight is 338 g/mol. The largest absolute Gasteiger partial charge is 0.466 e. The van der Waals surface area contributed by atoms with Crippen LogP contribution in [-0.4, -0.2) is 43.0 Å². The second-order valence-corrected chi connectivity index (χ2v) is 5.39. The molecule has 0 aliphatic rings. The highest BCUT2D eigenvalue weighted by Crippen LogP contribution is 2.06. The predicted octanol–water partition coefficient (Wildman–Crippen LogP) is -0.378. The number of rotatable bonds is 8. The monoisotopic (exact) mass is 338 g/mol. The van der Waals surface area contributed by atoms with Gasteiger partial charge in [-0.25, -0.2) is 9.78 Å². The van der Waals surface area contributed by atoms with Crippen molar-refractivity contribution < 1.29 is 14.6 Å². The molecule has 2 rings (SSSR count). The molecule has 0 saturated heterocycles. The Labute approximate surface area is 138 Å². The van der Waals surface area contributed by atoms with Crippen molar-refractivity contribution in [3.05, 3.63) is 27.2 Å². The number of hydrogen-bond acceptors (Lipinski definition) is 6. The molecule has 9 nitrogen and oxygen atoms in total. The number of unbranched alkanes of at least 4 members (excludes halogenated alkanes) is 1. The van der Waals surface area contributed by atoms with Gasteiger partial charge in [0.1, 0.15) is 0 Å². The molecular formula is C15H22N4O5. The van der Waals surface area contributed by atoms with Crippen LogP contribution in [0.5, 0.6) is 0 Å². The quantitative estimate of drug-likeness (QED) is 0.519. The molecule has 0 saturated carbocycles. The van der Waals surface area contributed by atoms with Crippen LogP contribution < -0.4 is 11.2 Å². The van der Waals surface area contributed by atoms with Gasteiger partial charge in [0.15, 0.2) is 11.2 Å². The third kappa shape index (κ3) is 3.56. The van der Waals surface area contributed by atoms with Crippen LogP contribution in [-0.2, 0) is 29.7 Å². The summed E-state index contributed by atoms with van der Waals surface area (Å²) >= 11 is 0. The zero-order chi connectivity index (χ0) is 17.7. The molecule has 24 heavy (non-hydrogen) atoms. The van der Waals surface area contributed by atoms with Crippen molar-refractivity contribution in [3.8, 4) is 0 Å². The number of ether oxygens (including phenoxy) is 1. The van der Waals surface area contributed by atoms with Crippen LogP contribution in [0.3, 0.4) is 0 Å². The lowest BCUT2D eigenvalue weighted by molar-refractivity contribution is -0.143. The van der Waals surface area contributed by atoms with Gasteiger partial charge in [-0.2, -0.15) is 0 Å². The SMILES string of the molecule is CCOC(=O)CCCCn1c(=O)c2c(ncn2CCO)n(C)c1=O. The second-order valence-electron chi connectivity index (χ2n) is 5.39. The maximum absolute atomic E-state index is 12.6. The number of aliphatic hydroxyl groups is 1. The number of carbonyl (C=O) groups excluding carboxylic acids is 1. The van der Waals surface area contributed by atoms with Crippen LogP contribution >= 0.6 is 0 Å². The summed E-state index contributed by atoms with van der Waals surface area (Å²) in [5, 5.41) is 9.08. The minimum atomic E-state index is -0.446. The van der Waals surface area contributed by atoms with Crippen LogP contribution in [0, 0.1) is 0 Å². The molecule has 0 aromatic carbocycles. The number of aromatic nitrogens is 4. The third-order valence-corrected chi connectivity index (χ3v) is 3.76. The first-order valence-electron chi connectivity index (χ1n) is 7.92. The number of hydrogen-bond donors (Lipinski definition) is 1. The van der Waals surface area contributed by atoms with E-state index in [0.717, 1.165) is 4.57 Å². The lowest BCUT2D eigenvalue weighted by Gasteiger charge is -2.09. The highest BCUT2D eigenvalue weighted by Gasteiger charge is 2.15. The molecule has 0 amide bonds. The molecule has 0 aliphatic carbocycles. The Balaban J connectivity index is 2.24. The van der Waals surface area contributed by atoms with E-state index in [4.69, 9.17) is 9.84 Å². The Hall–Kier alpha value is -2.42. The topological polar surface area (TPSA) is 108 Å². The van der Waals surface area contributed by atoms with Crippen LogP contribution in [0.1, 0.15) is 26.2 Å². The minimum absolute atomic E-state index is 0.132. The lowest BCUT2D eigenvalue weighted by Crippen LogP contribution is -2.39. The van der Waals surface area contributed by atoms with Gasteiger partial charge >= 0.3 is 11.7 Å². The predicted molar refractivity (Wildman–Crippen MR) is 86.8 cm³/mol. The van der Waals surface area contributed by atoms with Gasteiger partial charge in [-0.3, -0.25) is 18.7 Å². The van der Waals surface area contributed by atoms with Crippen molar-refractivity contribution in [2.24, 2.45) is 7.05 Å². The van der Waals surface area contributed by atoms with E-state index >= 15 is 0 Å². The summed E-state index contributed by atoms with van der Waals surface area (Å²) in [6, 6.07) is 0. The fraction of sp³-hybridized carbons (Fsp3) is 0.600. The van der Waals surface area contributed by atoms with Gasteiger partial charge < -0.3 is 14.4 Å². The van der Waals surface area contributed by atoms with E-state index in [-0.39, 0.29) is 37.6 Å². The van der Waals surface area contributed by atoms with E-state index in [1.54, 1.807) is 14.0 Å². The van der Waals surface area contributed by atoms with Gasteiger partial charge in [-0.15, -0.1) is 0 Å². The standard InChI is InChI=1S/C15H22N4O5/c1-3-24-11(21)6-4-5-7-19-14(22)12-13(17(2)15(19)23)16-10-18(12)8-9-20/h10,20H,3-9H2,1-2H3. The number of aliphatic hydroxyl groups excluding tert-OH is 1. The number of aryl methyl sites for hydroxylation is 1. The zero-order valence-corrected chi connectivity index (χ0v) is 13.9. The minimum Gasteiger partial charge on any atom is -0.466 e. The van der Waals surface area contributed by atoms with Crippen molar-refractivity contribution >= 4 is 17.1 Å². The van der Waals surface area contributed by atoms with Crippen LogP contribution in [0.2, 0.25) is 0 Å². The number of fused-ring (bicyclic) bond motifs is 1. The molecule has 132 valence electrons. The maximum atomic E-state index is 12.6. The van der Waals surface area contributed by atoms with Crippen molar-refractivity contribution in [1.29, 1.82) is 0 Å². The van der Waals surface area contributed by atoms with Crippen LogP contribution in [0.25, 0.3) is 11.2 Å². The smallest absolute Gasteiger partial charge is 0.332 e. The van der Waals surface area contributed by atoms with E-state index in [9.17, 15) is 14.4 Å². The molecule has 1 N–H and O–H groups in total. The fourth-order valence-corrected chi connectivity index (χ4v) is 2.57. The van der Waals surface area contributed by atoms with Gasteiger partial charge in [-0.1, -0.05) is 0 Å². The molecular weight excluding hydrogens is 316 g/mol. The van der Waals surface area contributed by atoms with E-state index in [1.165, 1.54) is 15.5 Å². The number of imidazole rings is 1.